The third kappa shape index (κ3) is 3.74. The molecule has 0 unspecified atom stereocenters. The van der Waals surface area contributed by atoms with E-state index in [-0.39, 0.29) is 11.7 Å². The molecule has 1 aromatic heterocycles. The predicted octanol–water partition coefficient (Wildman–Crippen LogP) is 4.80. The molecular formula is C21H14FN3O2. The van der Waals surface area contributed by atoms with Gasteiger partial charge in [0.05, 0.1) is 0 Å². The molecule has 132 valence electrons. The highest BCUT2D eigenvalue weighted by Crippen LogP contribution is 2.23. The molecule has 0 aliphatic heterocycles. The molecule has 27 heavy (non-hydrogen) atoms. The summed E-state index contributed by atoms with van der Waals surface area (Å²) in [6, 6.07) is 21.9. The van der Waals surface area contributed by atoms with E-state index in [1.54, 1.807) is 36.4 Å². The molecule has 4 rings (SSSR count). The summed E-state index contributed by atoms with van der Waals surface area (Å²) in [5, 5.41) is 6.74. The van der Waals surface area contributed by atoms with E-state index in [0.29, 0.717) is 28.4 Å². The van der Waals surface area contributed by atoms with Crippen molar-refractivity contribution < 1.29 is 13.7 Å². The average molecular weight is 359 g/mol. The fraction of sp³-hybridized carbons (Fsp3) is 0. The van der Waals surface area contributed by atoms with E-state index < -0.39 is 0 Å². The maximum Gasteiger partial charge on any atom is 0.258 e. The molecule has 0 aliphatic carbocycles. The van der Waals surface area contributed by atoms with Gasteiger partial charge < -0.3 is 9.84 Å². The molecule has 0 bridgehead atoms. The molecule has 3 aromatic carbocycles. The Balaban J connectivity index is 1.51. The van der Waals surface area contributed by atoms with E-state index in [0.717, 1.165) is 5.69 Å². The minimum absolute atomic E-state index is 0.203. The Labute approximate surface area is 154 Å². The molecule has 1 heterocycles. The van der Waals surface area contributed by atoms with Crippen LogP contribution in [0.3, 0.4) is 0 Å². The number of benzene rings is 3. The van der Waals surface area contributed by atoms with Crippen molar-refractivity contribution in [2.24, 2.45) is 0 Å². The van der Waals surface area contributed by atoms with E-state index in [2.05, 4.69) is 15.5 Å². The summed E-state index contributed by atoms with van der Waals surface area (Å²) in [4.78, 5) is 16.6. The molecule has 0 fully saturated rings. The summed E-state index contributed by atoms with van der Waals surface area (Å²) in [6.07, 6.45) is 0. The number of carbonyl (C=O) groups is 1. The number of nitrogens with one attached hydrogen (secondary N) is 1. The lowest BCUT2D eigenvalue weighted by Crippen LogP contribution is -2.11. The van der Waals surface area contributed by atoms with Gasteiger partial charge in [0.1, 0.15) is 5.82 Å². The van der Waals surface area contributed by atoms with Crippen LogP contribution in [0, 0.1) is 5.82 Å². The average Bonchev–Trinajstić information content (AvgIpc) is 3.20. The minimum atomic E-state index is -0.327. The Morgan fingerprint density at radius 3 is 2.22 bits per heavy atom. The molecule has 0 spiro atoms. The van der Waals surface area contributed by atoms with Crippen molar-refractivity contribution in [3.63, 3.8) is 0 Å². The van der Waals surface area contributed by atoms with Gasteiger partial charge in [-0.1, -0.05) is 23.4 Å². The lowest BCUT2D eigenvalue weighted by molar-refractivity contribution is 0.102. The van der Waals surface area contributed by atoms with E-state index in [1.807, 2.05) is 30.3 Å². The number of hydrogen-bond acceptors (Lipinski definition) is 4. The lowest BCUT2D eigenvalue weighted by atomic mass is 10.1. The Morgan fingerprint density at radius 2 is 1.52 bits per heavy atom. The van der Waals surface area contributed by atoms with Crippen LogP contribution in [0.2, 0.25) is 0 Å². The number of nitrogens with zero attached hydrogens (tertiary/aromatic N) is 2. The molecule has 1 amide bonds. The van der Waals surface area contributed by atoms with Gasteiger partial charge in [0.2, 0.25) is 5.82 Å². The molecule has 0 saturated heterocycles. The number of amides is 1. The SMILES string of the molecule is O=C(Nc1ccccc1)c1ccc(-c2nc(-c3ccc(F)cc3)no2)cc1. The summed E-state index contributed by atoms with van der Waals surface area (Å²) in [7, 11) is 0. The molecule has 0 radical (unpaired) electrons. The second-order valence-electron chi connectivity index (χ2n) is 5.83. The zero-order chi connectivity index (χ0) is 18.6. The van der Waals surface area contributed by atoms with Crippen LogP contribution in [0.1, 0.15) is 10.4 Å². The van der Waals surface area contributed by atoms with E-state index in [9.17, 15) is 9.18 Å². The van der Waals surface area contributed by atoms with Gasteiger partial charge in [-0.15, -0.1) is 0 Å². The first-order valence-electron chi connectivity index (χ1n) is 8.25. The van der Waals surface area contributed by atoms with Crippen molar-refractivity contribution in [1.82, 2.24) is 10.1 Å². The van der Waals surface area contributed by atoms with Gasteiger partial charge in [-0.05, 0) is 60.7 Å². The smallest absolute Gasteiger partial charge is 0.258 e. The number of aromatic nitrogens is 2. The molecule has 4 aromatic rings. The molecule has 1 N–H and O–H groups in total. The number of anilines is 1. The van der Waals surface area contributed by atoms with Gasteiger partial charge in [0.15, 0.2) is 0 Å². The maximum absolute atomic E-state index is 13.0. The number of halogens is 1. The first-order valence-corrected chi connectivity index (χ1v) is 8.25. The predicted molar refractivity (Wildman–Crippen MR) is 99.5 cm³/mol. The van der Waals surface area contributed by atoms with Gasteiger partial charge in [0, 0.05) is 22.4 Å². The highest BCUT2D eigenvalue weighted by atomic mass is 19.1. The standard InChI is InChI=1S/C21H14FN3O2/c22-17-12-10-14(11-13-17)19-24-21(27-25-19)16-8-6-15(7-9-16)20(26)23-18-4-2-1-3-5-18/h1-13H,(H,23,26). The number of carbonyl (C=O) groups excluding carboxylic acids is 1. The quantitative estimate of drug-likeness (QED) is 0.568. The molecule has 6 heteroatoms. The van der Waals surface area contributed by atoms with Crippen LogP contribution < -0.4 is 5.32 Å². The van der Waals surface area contributed by atoms with Gasteiger partial charge >= 0.3 is 0 Å². The van der Waals surface area contributed by atoms with Crippen molar-refractivity contribution in [3.8, 4) is 22.8 Å². The molecule has 0 atom stereocenters. The highest BCUT2D eigenvalue weighted by molar-refractivity contribution is 6.04. The second-order valence-corrected chi connectivity index (χ2v) is 5.83. The van der Waals surface area contributed by atoms with Gasteiger partial charge in [-0.2, -0.15) is 4.98 Å². The summed E-state index contributed by atoms with van der Waals surface area (Å²) in [6.45, 7) is 0. The van der Waals surface area contributed by atoms with E-state index in [4.69, 9.17) is 4.52 Å². The van der Waals surface area contributed by atoms with E-state index >= 15 is 0 Å². The Morgan fingerprint density at radius 1 is 0.852 bits per heavy atom. The second kappa shape index (κ2) is 7.21. The van der Waals surface area contributed by atoms with Crippen molar-refractivity contribution in [2.75, 3.05) is 5.32 Å². The number of rotatable bonds is 4. The van der Waals surface area contributed by atoms with Crippen LogP contribution in [0.15, 0.2) is 83.4 Å². The highest BCUT2D eigenvalue weighted by Gasteiger charge is 2.12. The normalized spacial score (nSPS) is 10.6. The van der Waals surface area contributed by atoms with Crippen molar-refractivity contribution in [1.29, 1.82) is 0 Å². The molecule has 0 saturated carbocycles. The van der Waals surface area contributed by atoms with Crippen LogP contribution >= 0.6 is 0 Å². The lowest BCUT2D eigenvalue weighted by Gasteiger charge is -2.05. The van der Waals surface area contributed by atoms with Crippen LogP contribution in [0.5, 0.6) is 0 Å². The van der Waals surface area contributed by atoms with Crippen LogP contribution in [-0.4, -0.2) is 16.0 Å². The topological polar surface area (TPSA) is 68.0 Å². The molecule has 5 nitrogen and oxygen atoms in total. The third-order valence-corrected chi connectivity index (χ3v) is 3.95. The van der Waals surface area contributed by atoms with Crippen LogP contribution in [0.25, 0.3) is 22.8 Å². The Kier molecular flexibility index (Phi) is 4.45. The van der Waals surface area contributed by atoms with Crippen molar-refractivity contribution >= 4 is 11.6 Å². The first-order chi connectivity index (χ1) is 13.2. The zero-order valence-electron chi connectivity index (χ0n) is 14.1. The summed E-state index contributed by atoms with van der Waals surface area (Å²) in [5.41, 5.74) is 2.59. The van der Waals surface area contributed by atoms with Gasteiger partial charge in [-0.3, -0.25) is 4.79 Å². The zero-order valence-corrected chi connectivity index (χ0v) is 14.1. The van der Waals surface area contributed by atoms with Crippen molar-refractivity contribution in [2.45, 2.75) is 0 Å². The Bertz CT molecular complexity index is 1060. The van der Waals surface area contributed by atoms with Crippen LogP contribution in [-0.2, 0) is 0 Å². The fourth-order valence-corrected chi connectivity index (χ4v) is 2.55. The number of hydrogen-bond donors (Lipinski definition) is 1. The summed E-state index contributed by atoms with van der Waals surface area (Å²) < 4.78 is 18.3. The first kappa shape index (κ1) is 16.7. The monoisotopic (exact) mass is 359 g/mol. The van der Waals surface area contributed by atoms with Crippen LogP contribution in [0.4, 0.5) is 10.1 Å². The van der Waals surface area contributed by atoms with Gasteiger partial charge in [-0.25, -0.2) is 4.39 Å². The summed E-state index contributed by atoms with van der Waals surface area (Å²) >= 11 is 0. The largest absolute Gasteiger partial charge is 0.334 e. The molecule has 0 aliphatic rings. The minimum Gasteiger partial charge on any atom is -0.334 e. The maximum atomic E-state index is 13.0. The Hall–Kier alpha value is -3.80. The van der Waals surface area contributed by atoms with E-state index in [1.165, 1.54) is 12.1 Å². The fourth-order valence-electron chi connectivity index (χ4n) is 2.55. The molecular weight excluding hydrogens is 345 g/mol. The van der Waals surface area contributed by atoms with Crippen molar-refractivity contribution in [3.05, 3.63) is 90.2 Å². The van der Waals surface area contributed by atoms with Gasteiger partial charge in [0.25, 0.3) is 11.8 Å². The summed E-state index contributed by atoms with van der Waals surface area (Å²) in [5.74, 6) is 0.164. The number of para-hydroxylation sites is 1. The third-order valence-electron chi connectivity index (χ3n) is 3.95.